The second-order valence-electron chi connectivity index (χ2n) is 8.32. The predicted octanol–water partition coefficient (Wildman–Crippen LogP) is 3.58. The van der Waals surface area contributed by atoms with Crippen molar-refractivity contribution in [3.63, 3.8) is 0 Å². The molecule has 3 N–H and O–H groups in total. The lowest BCUT2D eigenvalue weighted by atomic mass is 10.0. The lowest BCUT2D eigenvalue weighted by molar-refractivity contribution is 0.0719. The van der Waals surface area contributed by atoms with Gasteiger partial charge < -0.3 is 29.8 Å². The zero-order valence-electron chi connectivity index (χ0n) is 19.7. The zero-order valence-corrected chi connectivity index (χ0v) is 19.7. The highest BCUT2D eigenvalue weighted by Crippen LogP contribution is 2.35. The van der Waals surface area contributed by atoms with Gasteiger partial charge in [-0.25, -0.2) is 14.8 Å². The Labute approximate surface area is 206 Å². The van der Waals surface area contributed by atoms with Gasteiger partial charge in [0.15, 0.2) is 0 Å². The topological polar surface area (TPSA) is 130 Å². The number of aromatic hydroxyl groups is 1. The molecule has 1 saturated heterocycles. The maximum Gasteiger partial charge on any atom is 0.409 e. The summed E-state index contributed by atoms with van der Waals surface area (Å²) < 4.78 is 10.4. The summed E-state index contributed by atoms with van der Waals surface area (Å²) in [5.74, 6) is 0.746. The van der Waals surface area contributed by atoms with Crippen molar-refractivity contribution in [2.75, 3.05) is 33.4 Å². The van der Waals surface area contributed by atoms with E-state index in [0.717, 1.165) is 23.1 Å². The zero-order chi connectivity index (χ0) is 25.1. The number of nitrogens with one attached hydrogen (secondary N) is 2. The van der Waals surface area contributed by atoms with Gasteiger partial charge in [0.05, 0.1) is 30.3 Å². The SMILES string of the molecule is COc1ncccc1-c1ccc(O)c(-c2nc3cc(C(=O)NCCN4CCCOC4=O)ccc3[nH]2)c1. The van der Waals surface area contributed by atoms with Crippen molar-refractivity contribution < 1.29 is 24.2 Å². The number of aromatic nitrogens is 3. The number of rotatable bonds is 7. The van der Waals surface area contributed by atoms with Gasteiger partial charge in [0, 0.05) is 37.0 Å². The molecule has 36 heavy (non-hydrogen) atoms. The molecule has 4 aromatic rings. The van der Waals surface area contributed by atoms with Crippen LogP contribution in [0.1, 0.15) is 16.8 Å². The Balaban J connectivity index is 1.35. The number of cyclic esters (lactones) is 1. The maximum atomic E-state index is 12.7. The summed E-state index contributed by atoms with van der Waals surface area (Å²) in [6.45, 7) is 1.76. The first kappa shape index (κ1) is 23.2. The third kappa shape index (κ3) is 4.65. The van der Waals surface area contributed by atoms with Gasteiger partial charge in [-0.05, 0) is 54.4 Å². The Morgan fingerprint density at radius 1 is 1.22 bits per heavy atom. The van der Waals surface area contributed by atoms with Crippen LogP contribution in [0, 0.1) is 0 Å². The van der Waals surface area contributed by atoms with E-state index in [0.29, 0.717) is 54.6 Å². The molecule has 10 nitrogen and oxygen atoms in total. The van der Waals surface area contributed by atoms with Crippen molar-refractivity contribution >= 4 is 23.0 Å². The molecule has 184 valence electrons. The number of fused-ring (bicyclic) bond motifs is 1. The smallest absolute Gasteiger partial charge is 0.409 e. The molecular weight excluding hydrogens is 462 g/mol. The fourth-order valence-electron chi connectivity index (χ4n) is 4.15. The molecule has 1 fully saturated rings. The number of hydrogen-bond donors (Lipinski definition) is 3. The molecule has 0 atom stereocenters. The molecule has 2 aromatic carbocycles. The number of ether oxygens (including phenoxy) is 2. The quantitative estimate of drug-likeness (QED) is 0.363. The van der Waals surface area contributed by atoms with Crippen LogP contribution in [0.25, 0.3) is 33.5 Å². The van der Waals surface area contributed by atoms with Crippen LogP contribution in [-0.4, -0.2) is 70.3 Å². The number of aromatic amines is 1. The molecule has 0 saturated carbocycles. The molecule has 5 rings (SSSR count). The van der Waals surface area contributed by atoms with Gasteiger partial charge in [-0.15, -0.1) is 0 Å². The molecule has 2 aromatic heterocycles. The van der Waals surface area contributed by atoms with Crippen LogP contribution < -0.4 is 10.1 Å². The number of H-pyrrole nitrogens is 1. The van der Waals surface area contributed by atoms with Crippen molar-refractivity contribution in [3.05, 3.63) is 60.3 Å². The van der Waals surface area contributed by atoms with E-state index < -0.39 is 0 Å². The Hall–Kier alpha value is -4.60. The van der Waals surface area contributed by atoms with Crippen LogP contribution in [0.4, 0.5) is 4.79 Å². The van der Waals surface area contributed by atoms with Gasteiger partial charge in [0.2, 0.25) is 5.88 Å². The molecule has 0 aliphatic carbocycles. The maximum absolute atomic E-state index is 12.7. The molecule has 2 amide bonds. The third-order valence-corrected chi connectivity index (χ3v) is 6.00. The van der Waals surface area contributed by atoms with Crippen LogP contribution in [-0.2, 0) is 4.74 Å². The van der Waals surface area contributed by atoms with Crippen molar-refractivity contribution in [1.29, 1.82) is 0 Å². The first-order valence-corrected chi connectivity index (χ1v) is 11.6. The van der Waals surface area contributed by atoms with Crippen LogP contribution in [0.3, 0.4) is 0 Å². The highest BCUT2D eigenvalue weighted by molar-refractivity contribution is 5.97. The largest absolute Gasteiger partial charge is 0.507 e. The molecule has 0 unspecified atom stereocenters. The van der Waals surface area contributed by atoms with Crippen molar-refractivity contribution in [1.82, 2.24) is 25.2 Å². The summed E-state index contributed by atoms with van der Waals surface area (Å²) in [7, 11) is 1.56. The van der Waals surface area contributed by atoms with E-state index in [-0.39, 0.29) is 17.7 Å². The minimum Gasteiger partial charge on any atom is -0.507 e. The summed E-state index contributed by atoms with van der Waals surface area (Å²) in [5.41, 5.74) is 3.86. The number of pyridine rings is 1. The van der Waals surface area contributed by atoms with E-state index in [1.165, 1.54) is 0 Å². The number of carbonyl (C=O) groups excluding carboxylic acids is 2. The molecule has 1 aliphatic rings. The molecular formula is C26H25N5O5. The van der Waals surface area contributed by atoms with E-state index in [4.69, 9.17) is 9.47 Å². The average molecular weight is 488 g/mol. The standard InChI is InChI=1S/C26H25N5O5/c1-35-25-18(4-2-9-28-25)16-6-8-22(32)19(14-16)23-29-20-7-5-17(15-21(20)30-23)24(33)27-10-12-31-11-3-13-36-26(31)34/h2,4-9,14-15,32H,3,10-13H2,1H3,(H,27,33)(H,29,30). The fourth-order valence-corrected chi connectivity index (χ4v) is 4.15. The third-order valence-electron chi connectivity index (χ3n) is 6.00. The highest BCUT2D eigenvalue weighted by Gasteiger charge is 2.19. The van der Waals surface area contributed by atoms with Gasteiger partial charge in [0.25, 0.3) is 5.91 Å². The number of amides is 2. The summed E-state index contributed by atoms with van der Waals surface area (Å²) in [6, 6.07) is 14.1. The second kappa shape index (κ2) is 9.95. The number of phenols is 1. The van der Waals surface area contributed by atoms with Gasteiger partial charge in [-0.2, -0.15) is 0 Å². The van der Waals surface area contributed by atoms with Gasteiger partial charge in [-0.3, -0.25) is 4.79 Å². The van der Waals surface area contributed by atoms with Gasteiger partial charge >= 0.3 is 6.09 Å². The minimum atomic E-state index is -0.352. The Morgan fingerprint density at radius 3 is 2.94 bits per heavy atom. The van der Waals surface area contributed by atoms with Crippen LogP contribution in [0.15, 0.2) is 54.7 Å². The molecule has 1 aliphatic heterocycles. The summed E-state index contributed by atoms with van der Waals surface area (Å²) in [5, 5.41) is 13.4. The number of carbonyl (C=O) groups is 2. The van der Waals surface area contributed by atoms with E-state index in [9.17, 15) is 14.7 Å². The first-order valence-electron chi connectivity index (χ1n) is 11.6. The molecule has 0 bridgehead atoms. The van der Waals surface area contributed by atoms with Crippen molar-refractivity contribution in [3.8, 4) is 34.1 Å². The monoisotopic (exact) mass is 487 g/mol. The van der Waals surface area contributed by atoms with Crippen LogP contribution in [0.2, 0.25) is 0 Å². The molecule has 0 spiro atoms. The number of phenolic OH excluding ortho intramolecular Hbond substituents is 1. The highest BCUT2D eigenvalue weighted by atomic mass is 16.6. The number of methoxy groups -OCH3 is 1. The predicted molar refractivity (Wildman–Crippen MR) is 133 cm³/mol. The number of benzene rings is 2. The molecule has 3 heterocycles. The lowest BCUT2D eigenvalue weighted by Gasteiger charge is -2.26. The summed E-state index contributed by atoms with van der Waals surface area (Å²) in [6.07, 6.45) is 2.08. The van der Waals surface area contributed by atoms with Crippen LogP contribution >= 0.6 is 0 Å². The molecule has 10 heteroatoms. The lowest BCUT2D eigenvalue weighted by Crippen LogP contribution is -2.42. The average Bonchev–Trinajstić information content (AvgIpc) is 3.33. The second-order valence-corrected chi connectivity index (χ2v) is 8.32. The normalized spacial score (nSPS) is 13.5. The van der Waals surface area contributed by atoms with E-state index >= 15 is 0 Å². The Bertz CT molecular complexity index is 1430. The minimum absolute atomic E-state index is 0.0647. The van der Waals surface area contributed by atoms with Crippen molar-refractivity contribution in [2.45, 2.75) is 6.42 Å². The van der Waals surface area contributed by atoms with Crippen LogP contribution in [0.5, 0.6) is 11.6 Å². The van der Waals surface area contributed by atoms with Crippen molar-refractivity contribution in [2.24, 2.45) is 0 Å². The van der Waals surface area contributed by atoms with E-state index in [1.54, 1.807) is 48.5 Å². The fraction of sp³-hybridized carbons (Fsp3) is 0.231. The Kier molecular flexibility index (Phi) is 6.40. The summed E-state index contributed by atoms with van der Waals surface area (Å²) in [4.78, 5) is 38.0. The van der Waals surface area contributed by atoms with E-state index in [2.05, 4.69) is 20.3 Å². The van der Waals surface area contributed by atoms with Gasteiger partial charge in [0.1, 0.15) is 11.6 Å². The van der Waals surface area contributed by atoms with E-state index in [1.807, 2.05) is 18.2 Å². The summed E-state index contributed by atoms with van der Waals surface area (Å²) >= 11 is 0. The first-order chi connectivity index (χ1) is 17.5. The Morgan fingerprint density at radius 2 is 2.11 bits per heavy atom. The number of nitrogens with zero attached hydrogens (tertiary/aromatic N) is 3. The number of imidazole rings is 1. The number of hydrogen-bond acceptors (Lipinski definition) is 7. The van der Waals surface area contributed by atoms with Gasteiger partial charge in [-0.1, -0.05) is 6.07 Å². The molecule has 0 radical (unpaired) electrons.